The second-order valence-electron chi connectivity index (χ2n) is 6.07. The predicted molar refractivity (Wildman–Crippen MR) is 90.4 cm³/mol. The lowest BCUT2D eigenvalue weighted by molar-refractivity contribution is -0.130. The Morgan fingerprint density at radius 2 is 2.00 bits per heavy atom. The van der Waals surface area contributed by atoms with Gasteiger partial charge in [0.25, 0.3) is 0 Å². The van der Waals surface area contributed by atoms with E-state index in [0.29, 0.717) is 39.0 Å². The molecule has 0 N–H and O–H groups in total. The Morgan fingerprint density at radius 3 is 2.57 bits per heavy atom. The molecule has 0 aromatic heterocycles. The Labute approximate surface area is 138 Å². The van der Waals surface area contributed by atoms with Gasteiger partial charge >= 0.3 is 0 Å². The Morgan fingerprint density at radius 1 is 1.30 bits per heavy atom. The van der Waals surface area contributed by atoms with Crippen LogP contribution in [0.15, 0.2) is 24.3 Å². The van der Waals surface area contributed by atoms with Crippen LogP contribution in [-0.2, 0) is 21.1 Å². The molecule has 128 valence electrons. The molecule has 1 aliphatic rings. The summed E-state index contributed by atoms with van der Waals surface area (Å²) in [5, 5.41) is -0.401. The van der Waals surface area contributed by atoms with Gasteiger partial charge in [-0.25, -0.2) is 8.42 Å². The molecule has 0 bridgehead atoms. The minimum absolute atomic E-state index is 0.0301. The number of aryl methyl sites for hydroxylation is 1. The van der Waals surface area contributed by atoms with Crippen LogP contribution in [0.4, 0.5) is 0 Å². The zero-order valence-corrected chi connectivity index (χ0v) is 14.6. The van der Waals surface area contributed by atoms with Gasteiger partial charge in [-0.05, 0) is 37.0 Å². The van der Waals surface area contributed by atoms with Crippen molar-refractivity contribution in [2.75, 3.05) is 26.0 Å². The largest absolute Gasteiger partial charge is 0.494 e. The van der Waals surface area contributed by atoms with Crippen molar-refractivity contribution >= 4 is 15.7 Å². The summed E-state index contributed by atoms with van der Waals surface area (Å²) in [6, 6.07) is 7.79. The van der Waals surface area contributed by atoms with Crippen molar-refractivity contribution in [2.24, 2.45) is 0 Å². The van der Waals surface area contributed by atoms with E-state index in [9.17, 15) is 13.2 Å². The third kappa shape index (κ3) is 5.23. The van der Waals surface area contributed by atoms with Crippen molar-refractivity contribution in [3.63, 3.8) is 0 Å². The zero-order chi connectivity index (χ0) is 16.9. The van der Waals surface area contributed by atoms with Gasteiger partial charge in [-0.3, -0.25) is 4.79 Å². The topological polar surface area (TPSA) is 63.7 Å². The lowest BCUT2D eigenvalue weighted by Crippen LogP contribution is -2.31. The highest BCUT2D eigenvalue weighted by atomic mass is 32.2. The SMILES string of the molecule is CCCOc1ccc(CCC(=O)N2CCC(S(C)(=O)=O)C2)cc1. The van der Waals surface area contributed by atoms with E-state index in [4.69, 9.17) is 4.74 Å². The van der Waals surface area contributed by atoms with Gasteiger partial charge < -0.3 is 9.64 Å². The van der Waals surface area contributed by atoms with Gasteiger partial charge in [0.2, 0.25) is 5.91 Å². The number of rotatable bonds is 7. The van der Waals surface area contributed by atoms with Crippen molar-refractivity contribution in [2.45, 2.75) is 37.9 Å². The summed E-state index contributed by atoms with van der Waals surface area (Å²) in [5.74, 6) is 0.875. The lowest BCUT2D eigenvalue weighted by atomic mass is 10.1. The summed E-state index contributed by atoms with van der Waals surface area (Å²) in [4.78, 5) is 13.9. The van der Waals surface area contributed by atoms with Gasteiger partial charge in [0.05, 0.1) is 11.9 Å². The number of likely N-dealkylation sites (tertiary alicyclic amines) is 1. The van der Waals surface area contributed by atoms with Crippen LogP contribution in [0.25, 0.3) is 0 Å². The number of carbonyl (C=O) groups is 1. The van der Waals surface area contributed by atoms with Gasteiger partial charge in [-0.2, -0.15) is 0 Å². The molecule has 0 radical (unpaired) electrons. The number of carbonyl (C=O) groups excluding carboxylic acids is 1. The van der Waals surface area contributed by atoms with E-state index in [1.54, 1.807) is 4.90 Å². The molecule has 1 saturated heterocycles. The number of hydrogen-bond donors (Lipinski definition) is 0. The van der Waals surface area contributed by atoms with Crippen LogP contribution in [0.1, 0.15) is 31.7 Å². The number of ether oxygens (including phenoxy) is 1. The molecule has 23 heavy (non-hydrogen) atoms. The predicted octanol–water partition coefficient (Wildman–Crippen LogP) is 2.05. The first-order valence-electron chi connectivity index (χ1n) is 8.08. The van der Waals surface area contributed by atoms with E-state index in [0.717, 1.165) is 17.7 Å². The van der Waals surface area contributed by atoms with Gasteiger partial charge in [-0.1, -0.05) is 19.1 Å². The third-order valence-electron chi connectivity index (χ3n) is 4.13. The van der Waals surface area contributed by atoms with Crippen molar-refractivity contribution in [1.82, 2.24) is 4.90 Å². The normalized spacial score (nSPS) is 18.2. The molecule has 2 rings (SSSR count). The monoisotopic (exact) mass is 339 g/mol. The van der Waals surface area contributed by atoms with E-state index in [1.165, 1.54) is 6.26 Å². The average Bonchev–Trinajstić information content (AvgIpc) is 3.02. The standard InChI is InChI=1S/C17H25NO4S/c1-3-12-22-15-7-4-14(5-8-15)6-9-17(19)18-11-10-16(13-18)23(2,20)21/h4-5,7-8,16H,3,6,9-13H2,1-2H3. The second kappa shape index (κ2) is 7.81. The Kier molecular flexibility index (Phi) is 6.04. The first kappa shape index (κ1) is 17.8. The van der Waals surface area contributed by atoms with Crippen molar-refractivity contribution in [3.8, 4) is 5.75 Å². The fourth-order valence-corrected chi connectivity index (χ4v) is 3.67. The van der Waals surface area contributed by atoms with Crippen molar-refractivity contribution in [1.29, 1.82) is 0 Å². The molecular formula is C17H25NO4S. The van der Waals surface area contributed by atoms with Gasteiger partial charge in [-0.15, -0.1) is 0 Å². The van der Waals surface area contributed by atoms with E-state index in [1.807, 2.05) is 24.3 Å². The van der Waals surface area contributed by atoms with Crippen molar-refractivity contribution < 1.29 is 17.9 Å². The number of sulfone groups is 1. The Bertz CT molecular complexity index is 624. The first-order chi connectivity index (χ1) is 10.9. The van der Waals surface area contributed by atoms with Gasteiger partial charge in [0.15, 0.2) is 9.84 Å². The minimum atomic E-state index is -3.06. The van der Waals surface area contributed by atoms with Crippen LogP contribution >= 0.6 is 0 Å². The molecular weight excluding hydrogens is 314 g/mol. The molecule has 1 aromatic rings. The summed E-state index contributed by atoms with van der Waals surface area (Å²) in [7, 11) is -3.06. The van der Waals surface area contributed by atoms with Crippen LogP contribution < -0.4 is 4.74 Å². The fourth-order valence-electron chi connectivity index (χ4n) is 2.69. The summed E-state index contributed by atoms with van der Waals surface area (Å²) in [6.45, 7) is 3.64. The molecule has 1 atom stereocenters. The van der Waals surface area contributed by atoms with E-state index in [2.05, 4.69) is 6.92 Å². The molecule has 5 nitrogen and oxygen atoms in total. The number of benzene rings is 1. The Hall–Kier alpha value is -1.56. The summed E-state index contributed by atoms with van der Waals surface area (Å²) in [5.41, 5.74) is 1.08. The van der Waals surface area contributed by atoms with Crippen LogP contribution in [0.3, 0.4) is 0 Å². The second-order valence-corrected chi connectivity index (χ2v) is 8.40. The molecule has 0 saturated carbocycles. The number of hydrogen-bond acceptors (Lipinski definition) is 4. The average molecular weight is 339 g/mol. The van der Waals surface area contributed by atoms with Crippen LogP contribution in [-0.4, -0.2) is 50.4 Å². The van der Waals surface area contributed by atoms with E-state index in [-0.39, 0.29) is 5.91 Å². The fraction of sp³-hybridized carbons (Fsp3) is 0.588. The molecule has 6 heteroatoms. The molecule has 0 aliphatic carbocycles. The smallest absolute Gasteiger partial charge is 0.222 e. The molecule has 0 spiro atoms. The third-order valence-corrected chi connectivity index (χ3v) is 5.72. The van der Waals surface area contributed by atoms with E-state index >= 15 is 0 Å². The van der Waals surface area contributed by atoms with Gasteiger partial charge in [0.1, 0.15) is 5.75 Å². The molecule has 1 amide bonds. The highest BCUT2D eigenvalue weighted by Crippen LogP contribution is 2.18. The Balaban J connectivity index is 1.81. The quantitative estimate of drug-likeness (QED) is 0.763. The van der Waals surface area contributed by atoms with Crippen LogP contribution in [0.5, 0.6) is 5.75 Å². The summed E-state index contributed by atoms with van der Waals surface area (Å²) >= 11 is 0. The number of amides is 1. The molecule has 1 fully saturated rings. The molecule has 1 heterocycles. The minimum Gasteiger partial charge on any atom is -0.494 e. The molecule has 1 aromatic carbocycles. The lowest BCUT2D eigenvalue weighted by Gasteiger charge is -2.16. The van der Waals surface area contributed by atoms with Crippen LogP contribution in [0.2, 0.25) is 0 Å². The van der Waals surface area contributed by atoms with Crippen LogP contribution in [0, 0.1) is 0 Å². The highest BCUT2D eigenvalue weighted by molar-refractivity contribution is 7.91. The maximum atomic E-state index is 12.2. The maximum Gasteiger partial charge on any atom is 0.222 e. The first-order valence-corrected chi connectivity index (χ1v) is 10.0. The summed E-state index contributed by atoms with van der Waals surface area (Å²) in [6.07, 6.45) is 3.83. The van der Waals surface area contributed by atoms with Gasteiger partial charge in [0, 0.05) is 25.8 Å². The van der Waals surface area contributed by atoms with E-state index < -0.39 is 15.1 Å². The maximum absolute atomic E-state index is 12.2. The highest BCUT2D eigenvalue weighted by Gasteiger charge is 2.32. The summed E-state index contributed by atoms with van der Waals surface area (Å²) < 4.78 is 28.6. The zero-order valence-electron chi connectivity index (χ0n) is 13.8. The molecule has 1 aliphatic heterocycles. The molecule has 1 unspecified atom stereocenters. The number of nitrogens with zero attached hydrogens (tertiary/aromatic N) is 1. The van der Waals surface area contributed by atoms with Crippen molar-refractivity contribution in [3.05, 3.63) is 29.8 Å².